The molecule has 2 rings (SSSR count). The summed E-state index contributed by atoms with van der Waals surface area (Å²) in [6.07, 6.45) is 1.02. The minimum Gasteiger partial charge on any atom is -0.346 e. The molecule has 0 aliphatic heterocycles. The minimum absolute atomic E-state index is 0.0249. The van der Waals surface area contributed by atoms with Crippen LogP contribution in [0.1, 0.15) is 46.9 Å². The predicted molar refractivity (Wildman–Crippen MR) is 87.7 cm³/mol. The normalized spacial score (nSPS) is 12.0. The Morgan fingerprint density at radius 3 is 2.48 bits per heavy atom. The predicted octanol–water partition coefficient (Wildman–Crippen LogP) is 4.48. The van der Waals surface area contributed by atoms with Gasteiger partial charge in [-0.2, -0.15) is 0 Å². The molecule has 0 heterocycles. The van der Waals surface area contributed by atoms with Crippen molar-refractivity contribution in [2.45, 2.75) is 32.2 Å². The number of carbonyl (C=O) groups is 1. The van der Waals surface area contributed by atoms with Crippen LogP contribution >= 0.6 is 11.6 Å². The third-order valence-corrected chi connectivity index (χ3v) is 3.89. The van der Waals surface area contributed by atoms with E-state index < -0.39 is 0 Å². The highest BCUT2D eigenvalue weighted by molar-refractivity contribution is 6.17. The lowest BCUT2D eigenvalue weighted by molar-refractivity contribution is 0.0940. The zero-order chi connectivity index (χ0) is 15.2. The number of rotatable bonds is 5. The van der Waals surface area contributed by atoms with Crippen molar-refractivity contribution in [1.29, 1.82) is 0 Å². The Bertz CT molecular complexity index is 607. The van der Waals surface area contributed by atoms with Gasteiger partial charge in [0.05, 0.1) is 6.04 Å². The number of aryl methyl sites for hydroxylation is 1. The molecular formula is C18H20ClNO. The molecule has 0 spiro atoms. The first kappa shape index (κ1) is 15.6. The summed E-state index contributed by atoms with van der Waals surface area (Å²) in [5.41, 5.74) is 4.00. The Hall–Kier alpha value is -1.80. The zero-order valence-corrected chi connectivity index (χ0v) is 13.2. The van der Waals surface area contributed by atoms with Gasteiger partial charge >= 0.3 is 0 Å². The maximum Gasteiger partial charge on any atom is 0.251 e. The van der Waals surface area contributed by atoms with Crippen LogP contribution < -0.4 is 5.32 Å². The Kier molecular flexibility index (Phi) is 5.40. The summed E-state index contributed by atoms with van der Waals surface area (Å²) in [7, 11) is 0. The first-order chi connectivity index (χ1) is 10.1. The molecule has 1 unspecified atom stereocenters. The summed E-state index contributed by atoms with van der Waals surface area (Å²) < 4.78 is 0. The van der Waals surface area contributed by atoms with Gasteiger partial charge in [-0.1, -0.05) is 43.3 Å². The maximum atomic E-state index is 12.3. The maximum absolute atomic E-state index is 12.3. The van der Waals surface area contributed by atoms with E-state index in [1.165, 1.54) is 5.56 Å². The van der Waals surface area contributed by atoms with E-state index in [1.54, 1.807) is 6.07 Å². The summed E-state index contributed by atoms with van der Waals surface area (Å²) >= 11 is 5.80. The number of hydrogen-bond acceptors (Lipinski definition) is 1. The van der Waals surface area contributed by atoms with E-state index in [0.717, 1.165) is 17.5 Å². The van der Waals surface area contributed by atoms with Gasteiger partial charge in [0.1, 0.15) is 0 Å². The fraction of sp³-hybridized carbons (Fsp3) is 0.278. The van der Waals surface area contributed by atoms with Crippen LogP contribution in [-0.2, 0) is 12.3 Å². The van der Waals surface area contributed by atoms with Crippen molar-refractivity contribution in [2.24, 2.45) is 0 Å². The minimum atomic E-state index is -0.0750. The van der Waals surface area contributed by atoms with Gasteiger partial charge in [0, 0.05) is 11.4 Å². The second kappa shape index (κ2) is 7.28. The summed E-state index contributed by atoms with van der Waals surface area (Å²) in [5, 5.41) is 3.02. The molecule has 1 atom stereocenters. The quantitative estimate of drug-likeness (QED) is 0.811. The smallest absolute Gasteiger partial charge is 0.251 e. The molecule has 3 heteroatoms. The number of amides is 1. The second-order valence-electron chi connectivity index (χ2n) is 5.12. The van der Waals surface area contributed by atoms with Crippen LogP contribution in [-0.4, -0.2) is 5.91 Å². The molecule has 110 valence electrons. The molecule has 0 aliphatic rings. The van der Waals surface area contributed by atoms with E-state index in [4.69, 9.17) is 11.6 Å². The highest BCUT2D eigenvalue weighted by atomic mass is 35.5. The van der Waals surface area contributed by atoms with Crippen LogP contribution in [0.2, 0.25) is 0 Å². The summed E-state index contributed by atoms with van der Waals surface area (Å²) in [5.74, 6) is 0.337. The fourth-order valence-electron chi connectivity index (χ4n) is 2.20. The Balaban J connectivity index is 2.06. The first-order valence-corrected chi connectivity index (χ1v) is 7.72. The third kappa shape index (κ3) is 4.08. The molecule has 2 nitrogen and oxygen atoms in total. The molecule has 2 aromatic carbocycles. The lowest BCUT2D eigenvalue weighted by Gasteiger charge is -2.15. The standard InChI is InChI=1S/C18H20ClNO/c1-3-14-7-9-16(10-8-14)13(2)20-18(21)17-6-4-5-15(11-17)12-19/h4-11,13H,3,12H2,1-2H3,(H,20,21). The van der Waals surface area contributed by atoms with Crippen molar-refractivity contribution in [2.75, 3.05) is 0 Å². The number of carbonyl (C=O) groups excluding carboxylic acids is 1. The van der Waals surface area contributed by atoms with Crippen LogP contribution in [0.15, 0.2) is 48.5 Å². The van der Waals surface area contributed by atoms with Gasteiger partial charge in [-0.15, -0.1) is 11.6 Å². The molecule has 0 aromatic heterocycles. The molecule has 0 radical (unpaired) electrons. The third-order valence-electron chi connectivity index (χ3n) is 3.58. The average Bonchev–Trinajstić information content (AvgIpc) is 2.54. The van der Waals surface area contributed by atoms with Gasteiger partial charge in [-0.05, 0) is 42.2 Å². The Labute approximate surface area is 131 Å². The molecule has 2 aromatic rings. The van der Waals surface area contributed by atoms with E-state index in [-0.39, 0.29) is 11.9 Å². The van der Waals surface area contributed by atoms with Crippen molar-refractivity contribution in [3.05, 3.63) is 70.8 Å². The van der Waals surface area contributed by atoms with Gasteiger partial charge in [-0.3, -0.25) is 4.79 Å². The topological polar surface area (TPSA) is 29.1 Å². The fourth-order valence-corrected chi connectivity index (χ4v) is 2.37. The molecule has 0 aliphatic carbocycles. The van der Waals surface area contributed by atoms with Gasteiger partial charge < -0.3 is 5.32 Å². The van der Waals surface area contributed by atoms with Gasteiger partial charge in [0.2, 0.25) is 0 Å². The van der Waals surface area contributed by atoms with Gasteiger partial charge in [0.15, 0.2) is 0 Å². The van der Waals surface area contributed by atoms with E-state index in [2.05, 4.69) is 36.5 Å². The number of nitrogens with one attached hydrogen (secondary N) is 1. The number of hydrogen-bond donors (Lipinski definition) is 1. The van der Waals surface area contributed by atoms with Crippen LogP contribution in [0.5, 0.6) is 0 Å². The van der Waals surface area contributed by atoms with E-state index >= 15 is 0 Å². The Morgan fingerprint density at radius 2 is 1.86 bits per heavy atom. The summed E-state index contributed by atoms with van der Waals surface area (Å²) in [4.78, 5) is 12.3. The lowest BCUT2D eigenvalue weighted by Crippen LogP contribution is -2.26. The summed E-state index contributed by atoms with van der Waals surface area (Å²) in [6.45, 7) is 4.12. The van der Waals surface area contributed by atoms with Crippen molar-refractivity contribution in [1.82, 2.24) is 5.32 Å². The second-order valence-corrected chi connectivity index (χ2v) is 5.39. The molecule has 0 saturated heterocycles. The number of alkyl halides is 1. The van der Waals surface area contributed by atoms with Crippen molar-refractivity contribution < 1.29 is 4.79 Å². The Morgan fingerprint density at radius 1 is 1.14 bits per heavy atom. The van der Waals surface area contributed by atoms with Gasteiger partial charge in [0.25, 0.3) is 5.91 Å². The van der Waals surface area contributed by atoms with Crippen LogP contribution in [0.3, 0.4) is 0 Å². The molecule has 0 bridgehead atoms. The van der Waals surface area contributed by atoms with E-state index in [1.807, 2.05) is 25.1 Å². The monoisotopic (exact) mass is 301 g/mol. The van der Waals surface area contributed by atoms with Crippen LogP contribution in [0.4, 0.5) is 0 Å². The molecule has 1 N–H and O–H groups in total. The van der Waals surface area contributed by atoms with Crippen molar-refractivity contribution >= 4 is 17.5 Å². The van der Waals surface area contributed by atoms with Crippen LogP contribution in [0, 0.1) is 0 Å². The molecule has 0 fully saturated rings. The SMILES string of the molecule is CCc1ccc(C(C)NC(=O)c2cccc(CCl)c2)cc1. The van der Waals surface area contributed by atoms with E-state index in [0.29, 0.717) is 11.4 Å². The first-order valence-electron chi connectivity index (χ1n) is 7.18. The molecular weight excluding hydrogens is 282 g/mol. The van der Waals surface area contributed by atoms with Crippen LogP contribution in [0.25, 0.3) is 0 Å². The highest BCUT2D eigenvalue weighted by Crippen LogP contribution is 2.15. The molecule has 21 heavy (non-hydrogen) atoms. The number of halogens is 1. The molecule has 1 amide bonds. The van der Waals surface area contributed by atoms with Gasteiger partial charge in [-0.25, -0.2) is 0 Å². The summed E-state index contributed by atoms with van der Waals surface area (Å²) in [6, 6.07) is 15.7. The average molecular weight is 302 g/mol. The van der Waals surface area contributed by atoms with E-state index in [9.17, 15) is 4.79 Å². The highest BCUT2D eigenvalue weighted by Gasteiger charge is 2.11. The van der Waals surface area contributed by atoms with Crippen molar-refractivity contribution in [3.63, 3.8) is 0 Å². The lowest BCUT2D eigenvalue weighted by atomic mass is 10.0. The largest absolute Gasteiger partial charge is 0.346 e. The zero-order valence-electron chi connectivity index (χ0n) is 12.4. The molecule has 0 saturated carbocycles. The number of benzene rings is 2. The van der Waals surface area contributed by atoms with Crippen molar-refractivity contribution in [3.8, 4) is 0 Å².